The van der Waals surface area contributed by atoms with Crippen molar-refractivity contribution < 1.29 is 16.4 Å². The standard InChI is InChI=1S/C29H52O3Si2/c1-13-14-15-21(2)26(31-33(9,10)28(3,4)5)17-16-24-25-20-23(30)18-22(25)19-27(24)32-34(11,12)29(6,7)8/h16-17,21-22,24-27H,15,18-20H2,1-12H3/b17-16+/t21?,22-,24+,25-,26+,27+/m0/s1/i15D2. The van der Waals surface area contributed by atoms with Crippen LogP contribution in [0, 0.1) is 35.5 Å². The second-order valence-electron chi connectivity index (χ2n) is 13.6. The molecule has 2 saturated carbocycles. The van der Waals surface area contributed by atoms with E-state index in [0.29, 0.717) is 30.5 Å². The van der Waals surface area contributed by atoms with Gasteiger partial charge < -0.3 is 8.85 Å². The van der Waals surface area contributed by atoms with E-state index in [-0.39, 0.29) is 22.1 Å². The van der Waals surface area contributed by atoms with Gasteiger partial charge in [-0.3, -0.25) is 4.79 Å². The first kappa shape index (κ1) is 26.4. The highest BCUT2D eigenvalue weighted by molar-refractivity contribution is 6.74. The van der Waals surface area contributed by atoms with Crippen LogP contribution in [0.5, 0.6) is 0 Å². The average molecular weight is 507 g/mol. The highest BCUT2D eigenvalue weighted by Gasteiger charge is 2.50. The summed E-state index contributed by atoms with van der Waals surface area (Å²) >= 11 is 0. The summed E-state index contributed by atoms with van der Waals surface area (Å²) in [4.78, 5) is 12.4. The normalized spacial score (nSPS) is 29.4. The maximum Gasteiger partial charge on any atom is 0.192 e. The molecule has 0 amide bonds. The van der Waals surface area contributed by atoms with Crippen molar-refractivity contribution in [1.82, 2.24) is 0 Å². The number of ketones is 1. The molecule has 2 aliphatic carbocycles. The fourth-order valence-electron chi connectivity index (χ4n) is 4.68. The Morgan fingerprint density at radius 3 is 2.21 bits per heavy atom. The van der Waals surface area contributed by atoms with Crippen LogP contribution in [0.25, 0.3) is 0 Å². The highest BCUT2D eigenvalue weighted by atomic mass is 28.4. The smallest absolute Gasteiger partial charge is 0.192 e. The third kappa shape index (κ3) is 6.96. The van der Waals surface area contributed by atoms with Gasteiger partial charge in [-0.25, -0.2) is 0 Å². The molecule has 2 fully saturated rings. The molecule has 0 bridgehead atoms. The molecule has 1 unspecified atom stereocenters. The van der Waals surface area contributed by atoms with Gasteiger partial charge >= 0.3 is 0 Å². The molecule has 2 rings (SSSR count). The van der Waals surface area contributed by atoms with E-state index in [0.717, 1.165) is 6.42 Å². The van der Waals surface area contributed by atoms with Gasteiger partial charge in [0.25, 0.3) is 0 Å². The molecule has 0 radical (unpaired) electrons. The van der Waals surface area contributed by atoms with Crippen LogP contribution < -0.4 is 0 Å². The summed E-state index contributed by atoms with van der Waals surface area (Å²) in [5, 5.41) is 0.123. The van der Waals surface area contributed by atoms with Crippen LogP contribution in [0.3, 0.4) is 0 Å². The van der Waals surface area contributed by atoms with E-state index >= 15 is 0 Å². The summed E-state index contributed by atoms with van der Waals surface area (Å²) in [5.41, 5.74) is 0. The minimum atomic E-state index is -2.17. The van der Waals surface area contributed by atoms with E-state index in [2.05, 4.69) is 91.7 Å². The summed E-state index contributed by atoms with van der Waals surface area (Å²) in [5.74, 6) is 6.32. The zero-order chi connectivity index (χ0) is 27.9. The zero-order valence-electron chi connectivity index (χ0n) is 26.0. The van der Waals surface area contributed by atoms with Crippen molar-refractivity contribution in [2.75, 3.05) is 0 Å². The summed E-state index contributed by atoms with van der Waals surface area (Å²) in [6.45, 7) is 26.1. The molecule has 0 heterocycles. The molecule has 3 nitrogen and oxygen atoms in total. The van der Waals surface area contributed by atoms with E-state index in [4.69, 9.17) is 11.6 Å². The van der Waals surface area contributed by atoms with E-state index in [1.165, 1.54) is 0 Å². The number of hydrogen-bond donors (Lipinski definition) is 0. The minimum Gasteiger partial charge on any atom is -0.413 e. The molecule has 2 aliphatic rings. The van der Waals surface area contributed by atoms with Crippen LogP contribution in [0.2, 0.25) is 36.3 Å². The Morgan fingerprint density at radius 2 is 1.68 bits per heavy atom. The molecule has 0 saturated heterocycles. The molecule has 194 valence electrons. The molecule has 5 heteroatoms. The Morgan fingerprint density at radius 1 is 1.09 bits per heavy atom. The Labute approximate surface area is 215 Å². The maximum atomic E-state index is 12.4. The number of rotatable bonds is 8. The molecule has 0 aromatic heterocycles. The highest BCUT2D eigenvalue weighted by Crippen LogP contribution is 2.50. The quantitative estimate of drug-likeness (QED) is 0.190. The monoisotopic (exact) mass is 506 g/mol. The Balaban J connectivity index is 2.44. The van der Waals surface area contributed by atoms with E-state index in [1.807, 2.05) is 6.92 Å². The SMILES string of the molecule is [2H]C([2H])(C#CC)C(C)[C@@H](/C=C/[C@@H]1[C@H]2CC(=O)C[C@H]2C[C@H]1O[Si](C)(C)C(C)(C)C)O[Si](C)(C)C(C)(C)C. The number of carbonyl (C=O) groups is 1. The first-order valence-electron chi connectivity index (χ1n) is 14.1. The van der Waals surface area contributed by atoms with E-state index in [9.17, 15) is 4.79 Å². The predicted molar refractivity (Wildman–Crippen MR) is 150 cm³/mol. The second-order valence-corrected chi connectivity index (χ2v) is 23.1. The van der Waals surface area contributed by atoms with Gasteiger partial charge in [0.15, 0.2) is 16.6 Å². The lowest BCUT2D eigenvalue weighted by Crippen LogP contribution is -2.45. The van der Waals surface area contributed by atoms with Crippen molar-refractivity contribution in [3.8, 4) is 11.8 Å². The van der Waals surface area contributed by atoms with Crippen molar-refractivity contribution in [2.24, 2.45) is 23.7 Å². The molecule has 0 spiro atoms. The Kier molecular flexibility index (Phi) is 8.34. The number of fused-ring (bicyclic) bond motifs is 1. The number of carbonyl (C=O) groups excluding carboxylic acids is 1. The Hall–Kier alpha value is -0.676. The van der Waals surface area contributed by atoms with Gasteiger partial charge in [0, 0.05) is 27.9 Å². The largest absolute Gasteiger partial charge is 0.413 e. The van der Waals surface area contributed by atoms with Gasteiger partial charge in [-0.15, -0.1) is 11.8 Å². The van der Waals surface area contributed by atoms with Gasteiger partial charge in [0.1, 0.15) is 5.78 Å². The van der Waals surface area contributed by atoms with Crippen LogP contribution in [0.4, 0.5) is 0 Å². The average Bonchev–Trinajstić information content (AvgIpc) is 3.17. The summed E-state index contributed by atoms with van der Waals surface area (Å²) in [7, 11) is -4.15. The molecule has 0 N–H and O–H groups in total. The molecular weight excluding hydrogens is 452 g/mol. The number of hydrogen-bond acceptors (Lipinski definition) is 3. The molecule has 0 aromatic carbocycles. The lowest BCUT2D eigenvalue weighted by atomic mass is 9.89. The van der Waals surface area contributed by atoms with Crippen LogP contribution in [0.15, 0.2) is 12.2 Å². The van der Waals surface area contributed by atoms with Gasteiger partial charge in [0.05, 0.1) is 12.2 Å². The van der Waals surface area contributed by atoms with Crippen molar-refractivity contribution in [3.05, 3.63) is 12.2 Å². The predicted octanol–water partition coefficient (Wildman–Crippen LogP) is 7.99. The van der Waals surface area contributed by atoms with Crippen LogP contribution in [-0.4, -0.2) is 34.6 Å². The summed E-state index contributed by atoms with van der Waals surface area (Å²) in [6, 6.07) is 0. The summed E-state index contributed by atoms with van der Waals surface area (Å²) in [6.07, 6.45) is 4.59. The van der Waals surface area contributed by atoms with E-state index in [1.54, 1.807) is 6.92 Å². The van der Waals surface area contributed by atoms with E-state index < -0.39 is 35.0 Å². The van der Waals surface area contributed by atoms with Gasteiger partial charge in [0.2, 0.25) is 0 Å². The minimum absolute atomic E-state index is 0.00621. The first-order valence-corrected chi connectivity index (χ1v) is 18.9. The lowest BCUT2D eigenvalue weighted by Gasteiger charge is -2.41. The summed E-state index contributed by atoms with van der Waals surface area (Å²) < 4.78 is 31.0. The third-order valence-electron chi connectivity index (χ3n) is 8.95. The van der Waals surface area contributed by atoms with Gasteiger partial charge in [-0.1, -0.05) is 60.6 Å². The second kappa shape index (κ2) is 10.7. The number of Topliss-reactive ketones (excluding diaryl/α,β-unsaturated/α-hetero) is 1. The Bertz CT molecular complexity index is 887. The van der Waals surface area contributed by atoms with Crippen LogP contribution >= 0.6 is 0 Å². The van der Waals surface area contributed by atoms with Crippen molar-refractivity contribution in [3.63, 3.8) is 0 Å². The molecule has 34 heavy (non-hydrogen) atoms. The maximum absolute atomic E-state index is 12.4. The molecular formula is C29H52O3Si2. The van der Waals surface area contributed by atoms with Crippen LogP contribution in [0.1, 0.15) is 83.8 Å². The van der Waals surface area contributed by atoms with Crippen molar-refractivity contribution in [2.45, 2.75) is 129 Å². The third-order valence-corrected chi connectivity index (χ3v) is 17.9. The molecule has 0 aliphatic heterocycles. The topological polar surface area (TPSA) is 35.5 Å². The zero-order valence-corrected chi connectivity index (χ0v) is 26.0. The first-order chi connectivity index (χ1) is 16.1. The van der Waals surface area contributed by atoms with Crippen LogP contribution in [-0.2, 0) is 13.6 Å². The lowest BCUT2D eigenvalue weighted by molar-refractivity contribution is -0.118. The molecule has 0 aromatic rings. The van der Waals surface area contributed by atoms with Crippen molar-refractivity contribution in [1.29, 1.82) is 0 Å². The molecule has 6 atom stereocenters. The van der Waals surface area contributed by atoms with Crippen molar-refractivity contribution >= 4 is 22.4 Å². The van der Waals surface area contributed by atoms with Gasteiger partial charge in [-0.2, -0.15) is 0 Å². The fourth-order valence-corrected chi connectivity index (χ4v) is 7.36. The van der Waals surface area contributed by atoms with Gasteiger partial charge in [-0.05, 0) is 67.4 Å². The fraction of sp³-hybridized carbons (Fsp3) is 0.828.